The van der Waals surface area contributed by atoms with Gasteiger partial charge in [-0.1, -0.05) is 25.5 Å². The maximum Gasteiger partial charge on any atom is 0.293 e. The van der Waals surface area contributed by atoms with E-state index >= 15 is 0 Å². The highest BCUT2D eigenvalue weighted by Crippen LogP contribution is 2.08. The lowest BCUT2D eigenvalue weighted by molar-refractivity contribution is 0.303. The largest absolute Gasteiger partial charge is 0.488 e. The van der Waals surface area contributed by atoms with Crippen LogP contribution in [0.15, 0.2) is 47.4 Å². The van der Waals surface area contributed by atoms with E-state index in [0.29, 0.717) is 24.5 Å². The second-order valence-corrected chi connectivity index (χ2v) is 4.82. The van der Waals surface area contributed by atoms with Crippen LogP contribution in [0.25, 0.3) is 0 Å². The van der Waals surface area contributed by atoms with Crippen molar-refractivity contribution in [1.29, 1.82) is 5.26 Å². The first-order chi connectivity index (χ1) is 10.2. The van der Waals surface area contributed by atoms with Gasteiger partial charge in [0.2, 0.25) is 0 Å². The number of nitriles is 1. The van der Waals surface area contributed by atoms with E-state index in [1.807, 2.05) is 12.1 Å². The quantitative estimate of drug-likeness (QED) is 0.765. The Morgan fingerprint density at radius 1 is 1.29 bits per heavy atom. The van der Waals surface area contributed by atoms with Crippen LogP contribution in [0.3, 0.4) is 0 Å². The summed E-state index contributed by atoms with van der Waals surface area (Å²) < 4.78 is 7.11. The van der Waals surface area contributed by atoms with Gasteiger partial charge >= 0.3 is 0 Å². The van der Waals surface area contributed by atoms with Crippen LogP contribution in [0, 0.1) is 11.3 Å². The van der Waals surface area contributed by atoms with Gasteiger partial charge in [0.15, 0.2) is 5.75 Å². The second kappa shape index (κ2) is 7.30. The minimum absolute atomic E-state index is 0.143. The highest BCUT2D eigenvalue weighted by molar-refractivity contribution is 5.33. The summed E-state index contributed by atoms with van der Waals surface area (Å²) in [7, 11) is 0. The number of ether oxygens (including phenoxy) is 1. The maximum absolute atomic E-state index is 12.3. The lowest BCUT2D eigenvalue weighted by atomic mass is 10.1. The van der Waals surface area contributed by atoms with E-state index in [1.54, 1.807) is 35.0 Å². The number of rotatable bonds is 6. The van der Waals surface area contributed by atoms with E-state index in [9.17, 15) is 4.79 Å². The van der Waals surface area contributed by atoms with Gasteiger partial charge in [-0.2, -0.15) is 5.26 Å². The Kier molecular flexibility index (Phi) is 5.16. The number of nitrogens with zero attached hydrogens (tertiary/aromatic N) is 2. The molecule has 0 aliphatic carbocycles. The Balaban J connectivity index is 2.18. The highest BCUT2D eigenvalue weighted by atomic mass is 16.5. The van der Waals surface area contributed by atoms with Crippen molar-refractivity contribution in [3.05, 3.63) is 64.1 Å². The van der Waals surface area contributed by atoms with E-state index in [2.05, 4.69) is 13.0 Å². The van der Waals surface area contributed by atoms with Crippen LogP contribution in [0.2, 0.25) is 0 Å². The van der Waals surface area contributed by atoms with Gasteiger partial charge in [0.25, 0.3) is 5.56 Å². The van der Waals surface area contributed by atoms with Crippen molar-refractivity contribution in [3.8, 4) is 11.8 Å². The first kappa shape index (κ1) is 14.9. The minimum Gasteiger partial charge on any atom is -0.488 e. The van der Waals surface area contributed by atoms with Gasteiger partial charge in [0.05, 0.1) is 24.8 Å². The van der Waals surface area contributed by atoms with Crippen LogP contribution in [-0.2, 0) is 6.54 Å². The number of aromatic nitrogens is 1. The zero-order valence-electron chi connectivity index (χ0n) is 12.1. The molecule has 0 amide bonds. The van der Waals surface area contributed by atoms with Gasteiger partial charge in [0.1, 0.15) is 0 Å². The van der Waals surface area contributed by atoms with Crippen molar-refractivity contribution in [3.63, 3.8) is 0 Å². The molecule has 1 heterocycles. The van der Waals surface area contributed by atoms with Crippen LogP contribution in [0.5, 0.6) is 5.75 Å². The molecule has 4 nitrogen and oxygen atoms in total. The highest BCUT2D eigenvalue weighted by Gasteiger charge is 2.05. The third-order valence-electron chi connectivity index (χ3n) is 3.15. The maximum atomic E-state index is 12.3. The molecule has 2 rings (SSSR count). The zero-order valence-corrected chi connectivity index (χ0v) is 12.1. The first-order valence-corrected chi connectivity index (χ1v) is 7.06. The first-order valence-electron chi connectivity index (χ1n) is 7.06. The lowest BCUT2D eigenvalue weighted by Crippen LogP contribution is -2.22. The third-order valence-corrected chi connectivity index (χ3v) is 3.15. The molecule has 1 aromatic heterocycles. The Hall–Kier alpha value is -2.54. The van der Waals surface area contributed by atoms with Crippen LogP contribution in [-0.4, -0.2) is 11.2 Å². The van der Waals surface area contributed by atoms with Crippen LogP contribution in [0.4, 0.5) is 0 Å². The van der Waals surface area contributed by atoms with Crippen molar-refractivity contribution >= 4 is 0 Å². The molecule has 0 radical (unpaired) electrons. The van der Waals surface area contributed by atoms with Gasteiger partial charge < -0.3 is 9.30 Å². The van der Waals surface area contributed by atoms with Gasteiger partial charge in [0, 0.05) is 6.20 Å². The standard InChI is InChI=1S/C17H18N2O2/c1-2-3-10-21-16-8-5-9-19(17(16)20)13-15-7-4-6-14(11-15)12-18/h4-9,11H,2-3,10,13H2,1H3. The van der Waals surface area contributed by atoms with E-state index < -0.39 is 0 Å². The molecule has 0 aliphatic heterocycles. The molecule has 0 spiro atoms. The van der Waals surface area contributed by atoms with Crippen LogP contribution in [0.1, 0.15) is 30.9 Å². The molecule has 4 heteroatoms. The van der Waals surface area contributed by atoms with Crippen molar-refractivity contribution in [2.45, 2.75) is 26.3 Å². The van der Waals surface area contributed by atoms with E-state index in [4.69, 9.17) is 10.00 Å². The van der Waals surface area contributed by atoms with Gasteiger partial charge in [-0.05, 0) is 36.2 Å². The van der Waals surface area contributed by atoms with E-state index in [-0.39, 0.29) is 5.56 Å². The SMILES string of the molecule is CCCCOc1cccn(Cc2cccc(C#N)c2)c1=O. The monoisotopic (exact) mass is 282 g/mol. The molecule has 0 atom stereocenters. The summed E-state index contributed by atoms with van der Waals surface area (Å²) in [5, 5.41) is 8.91. The summed E-state index contributed by atoms with van der Waals surface area (Å²) in [4.78, 5) is 12.3. The normalized spacial score (nSPS) is 10.1. The fourth-order valence-electron chi connectivity index (χ4n) is 2.01. The van der Waals surface area contributed by atoms with Crippen molar-refractivity contribution < 1.29 is 4.74 Å². The summed E-state index contributed by atoms with van der Waals surface area (Å²) in [5.41, 5.74) is 1.37. The number of pyridine rings is 1. The van der Waals surface area contributed by atoms with E-state index in [0.717, 1.165) is 18.4 Å². The second-order valence-electron chi connectivity index (χ2n) is 4.82. The molecule has 0 bridgehead atoms. The summed E-state index contributed by atoms with van der Waals surface area (Å²) in [6, 6.07) is 12.9. The summed E-state index contributed by atoms with van der Waals surface area (Å²) in [6.07, 6.45) is 3.69. The smallest absolute Gasteiger partial charge is 0.293 e. The summed E-state index contributed by atoms with van der Waals surface area (Å²) in [5.74, 6) is 0.377. The van der Waals surface area contributed by atoms with Crippen LogP contribution >= 0.6 is 0 Å². The molecule has 0 unspecified atom stereocenters. The molecule has 0 aliphatic rings. The summed E-state index contributed by atoms with van der Waals surface area (Å²) in [6.45, 7) is 3.06. The Morgan fingerprint density at radius 3 is 2.90 bits per heavy atom. The molecule has 0 fully saturated rings. The molecule has 108 valence electrons. The van der Waals surface area contributed by atoms with Crippen LogP contribution < -0.4 is 10.3 Å². The average molecular weight is 282 g/mol. The number of benzene rings is 1. The molecular weight excluding hydrogens is 264 g/mol. The molecule has 2 aromatic rings. The Bertz CT molecular complexity index is 698. The molecule has 0 N–H and O–H groups in total. The number of unbranched alkanes of at least 4 members (excludes halogenated alkanes) is 1. The van der Waals surface area contributed by atoms with E-state index in [1.165, 1.54) is 0 Å². The predicted octanol–water partition coefficient (Wildman–Crippen LogP) is 2.95. The number of hydrogen-bond donors (Lipinski definition) is 0. The summed E-state index contributed by atoms with van der Waals surface area (Å²) >= 11 is 0. The average Bonchev–Trinajstić information content (AvgIpc) is 2.51. The Morgan fingerprint density at radius 2 is 2.14 bits per heavy atom. The van der Waals surface area contributed by atoms with Crippen molar-refractivity contribution in [2.75, 3.05) is 6.61 Å². The molecule has 0 saturated carbocycles. The van der Waals surface area contributed by atoms with Gasteiger partial charge in [-0.15, -0.1) is 0 Å². The predicted molar refractivity (Wildman–Crippen MR) is 81.4 cm³/mol. The zero-order chi connectivity index (χ0) is 15.1. The topological polar surface area (TPSA) is 55.0 Å². The lowest BCUT2D eigenvalue weighted by Gasteiger charge is -2.09. The van der Waals surface area contributed by atoms with Crippen molar-refractivity contribution in [1.82, 2.24) is 4.57 Å². The number of hydrogen-bond acceptors (Lipinski definition) is 3. The van der Waals surface area contributed by atoms with Gasteiger partial charge in [-0.25, -0.2) is 0 Å². The molecular formula is C17H18N2O2. The Labute approximate surface area is 124 Å². The fourth-order valence-corrected chi connectivity index (χ4v) is 2.01. The molecule has 0 saturated heterocycles. The fraction of sp³-hybridized carbons (Fsp3) is 0.294. The van der Waals surface area contributed by atoms with Crippen molar-refractivity contribution in [2.24, 2.45) is 0 Å². The molecule has 21 heavy (non-hydrogen) atoms. The minimum atomic E-state index is -0.143. The van der Waals surface area contributed by atoms with Gasteiger partial charge in [-0.3, -0.25) is 4.79 Å². The third kappa shape index (κ3) is 3.96. The molecule has 1 aromatic carbocycles.